The summed E-state index contributed by atoms with van der Waals surface area (Å²) in [4.78, 5) is 11.9. The largest absolute Gasteiger partial charge is 0.289 e. The van der Waals surface area contributed by atoms with Crippen LogP contribution in [0.15, 0.2) is 24.3 Å². The molecule has 0 radical (unpaired) electrons. The van der Waals surface area contributed by atoms with Crippen LogP contribution in [0.3, 0.4) is 0 Å². The third-order valence-corrected chi connectivity index (χ3v) is 3.56. The van der Waals surface area contributed by atoms with Gasteiger partial charge in [0.05, 0.1) is 5.41 Å². The first-order valence-electron chi connectivity index (χ1n) is 5.71. The van der Waals surface area contributed by atoms with Gasteiger partial charge in [-0.25, -0.2) is 5.48 Å². The van der Waals surface area contributed by atoms with Crippen molar-refractivity contribution < 1.29 is 10.0 Å². The van der Waals surface area contributed by atoms with Crippen LogP contribution < -0.4 is 5.48 Å². The molecule has 2 rings (SSSR count). The van der Waals surface area contributed by atoms with Gasteiger partial charge < -0.3 is 0 Å². The molecule has 0 heterocycles. The van der Waals surface area contributed by atoms with Gasteiger partial charge in [-0.05, 0) is 25.3 Å². The van der Waals surface area contributed by atoms with Crippen molar-refractivity contribution in [3.63, 3.8) is 0 Å². The lowest BCUT2D eigenvalue weighted by Crippen LogP contribution is -2.41. The minimum atomic E-state index is -0.513. The molecule has 1 aliphatic rings. The fraction of sp³-hybridized carbons (Fsp3) is 0.462. The molecule has 0 atom stereocenters. The second kappa shape index (κ2) is 4.26. The Morgan fingerprint density at radius 1 is 1.38 bits per heavy atom. The molecule has 0 aliphatic heterocycles. The van der Waals surface area contributed by atoms with E-state index in [-0.39, 0.29) is 5.91 Å². The van der Waals surface area contributed by atoms with Crippen molar-refractivity contribution in [3.8, 4) is 0 Å². The van der Waals surface area contributed by atoms with Gasteiger partial charge >= 0.3 is 0 Å². The van der Waals surface area contributed by atoms with Gasteiger partial charge in [0.25, 0.3) is 5.91 Å². The standard InChI is InChI=1S/C13H17NO2/c1-10-5-4-6-11(9-10)13(12(15)14-16)7-2-3-8-13/h4-6,9,16H,2-3,7-8H2,1H3,(H,14,15). The molecule has 0 unspecified atom stereocenters. The normalized spacial score (nSPS) is 18.4. The zero-order valence-electron chi connectivity index (χ0n) is 9.49. The Labute approximate surface area is 95.4 Å². The minimum Gasteiger partial charge on any atom is -0.289 e. The molecule has 1 aliphatic carbocycles. The molecule has 0 spiro atoms. The van der Waals surface area contributed by atoms with Gasteiger partial charge in [-0.2, -0.15) is 0 Å². The van der Waals surface area contributed by atoms with Crippen LogP contribution in [0.4, 0.5) is 0 Å². The van der Waals surface area contributed by atoms with Crippen molar-refractivity contribution in [3.05, 3.63) is 35.4 Å². The van der Waals surface area contributed by atoms with Crippen molar-refractivity contribution in [2.24, 2.45) is 0 Å². The van der Waals surface area contributed by atoms with Crippen LogP contribution in [-0.2, 0) is 10.2 Å². The summed E-state index contributed by atoms with van der Waals surface area (Å²) in [5.41, 5.74) is 3.49. The van der Waals surface area contributed by atoms with Crippen LogP contribution in [0.2, 0.25) is 0 Å². The monoisotopic (exact) mass is 219 g/mol. The zero-order chi connectivity index (χ0) is 11.6. The van der Waals surface area contributed by atoms with E-state index in [9.17, 15) is 4.79 Å². The molecule has 2 N–H and O–H groups in total. The summed E-state index contributed by atoms with van der Waals surface area (Å²) in [5, 5.41) is 8.89. The van der Waals surface area contributed by atoms with Crippen LogP contribution >= 0.6 is 0 Å². The summed E-state index contributed by atoms with van der Waals surface area (Å²) >= 11 is 0. The molecule has 0 aromatic heterocycles. The van der Waals surface area contributed by atoms with E-state index in [1.54, 1.807) is 0 Å². The molecular formula is C13H17NO2. The van der Waals surface area contributed by atoms with Crippen LogP contribution in [0.25, 0.3) is 0 Å². The molecule has 1 fully saturated rings. The van der Waals surface area contributed by atoms with Crippen LogP contribution in [0, 0.1) is 6.92 Å². The van der Waals surface area contributed by atoms with E-state index in [0.717, 1.165) is 36.8 Å². The van der Waals surface area contributed by atoms with Crippen molar-refractivity contribution in [2.75, 3.05) is 0 Å². The van der Waals surface area contributed by atoms with Crippen LogP contribution in [0.1, 0.15) is 36.8 Å². The quantitative estimate of drug-likeness (QED) is 0.592. The predicted octanol–water partition coefficient (Wildman–Crippen LogP) is 2.31. The maximum absolute atomic E-state index is 11.9. The summed E-state index contributed by atoms with van der Waals surface area (Å²) in [6, 6.07) is 8.01. The van der Waals surface area contributed by atoms with Crippen molar-refractivity contribution in [1.29, 1.82) is 0 Å². The highest BCUT2D eigenvalue weighted by molar-refractivity contribution is 5.87. The first kappa shape index (κ1) is 11.1. The Hall–Kier alpha value is -1.35. The molecule has 0 saturated heterocycles. The molecule has 3 nitrogen and oxygen atoms in total. The Morgan fingerprint density at radius 3 is 2.62 bits per heavy atom. The fourth-order valence-corrected chi connectivity index (χ4v) is 2.68. The van der Waals surface area contributed by atoms with Gasteiger partial charge in [0.15, 0.2) is 0 Å². The number of carbonyl (C=O) groups is 1. The van der Waals surface area contributed by atoms with Gasteiger partial charge in [0.1, 0.15) is 0 Å². The van der Waals surface area contributed by atoms with E-state index >= 15 is 0 Å². The lowest BCUT2D eigenvalue weighted by atomic mass is 9.78. The van der Waals surface area contributed by atoms with E-state index in [4.69, 9.17) is 5.21 Å². The molecule has 1 amide bonds. The SMILES string of the molecule is Cc1cccc(C2(C(=O)NO)CCCC2)c1. The van der Waals surface area contributed by atoms with E-state index < -0.39 is 5.41 Å². The second-order valence-electron chi connectivity index (χ2n) is 4.60. The summed E-state index contributed by atoms with van der Waals surface area (Å²) in [7, 11) is 0. The van der Waals surface area contributed by atoms with Crippen LogP contribution in [-0.4, -0.2) is 11.1 Å². The Bertz CT molecular complexity index is 395. The fourth-order valence-electron chi connectivity index (χ4n) is 2.68. The molecular weight excluding hydrogens is 202 g/mol. The minimum absolute atomic E-state index is 0.268. The summed E-state index contributed by atoms with van der Waals surface area (Å²) in [5.74, 6) is -0.268. The number of amides is 1. The molecule has 16 heavy (non-hydrogen) atoms. The topological polar surface area (TPSA) is 49.3 Å². The number of aryl methyl sites for hydroxylation is 1. The van der Waals surface area contributed by atoms with Crippen LogP contribution in [0.5, 0.6) is 0 Å². The van der Waals surface area contributed by atoms with Gasteiger partial charge in [-0.3, -0.25) is 10.0 Å². The van der Waals surface area contributed by atoms with E-state index in [2.05, 4.69) is 0 Å². The third-order valence-electron chi connectivity index (χ3n) is 3.56. The zero-order valence-corrected chi connectivity index (χ0v) is 9.49. The lowest BCUT2D eigenvalue weighted by Gasteiger charge is -2.27. The third kappa shape index (κ3) is 1.71. The maximum atomic E-state index is 11.9. The smallest absolute Gasteiger partial charge is 0.253 e. The highest BCUT2D eigenvalue weighted by Crippen LogP contribution is 2.41. The van der Waals surface area contributed by atoms with Gasteiger partial charge in [0, 0.05) is 0 Å². The average molecular weight is 219 g/mol. The second-order valence-corrected chi connectivity index (χ2v) is 4.60. The molecule has 1 aromatic carbocycles. The first-order chi connectivity index (χ1) is 7.69. The number of carbonyl (C=O) groups excluding carboxylic acids is 1. The highest BCUT2D eigenvalue weighted by atomic mass is 16.5. The first-order valence-corrected chi connectivity index (χ1v) is 5.71. The molecule has 0 bridgehead atoms. The lowest BCUT2D eigenvalue weighted by molar-refractivity contribution is -0.135. The molecule has 3 heteroatoms. The number of nitrogens with one attached hydrogen (secondary N) is 1. The Kier molecular flexibility index (Phi) is 2.97. The van der Waals surface area contributed by atoms with Gasteiger partial charge in [0.2, 0.25) is 0 Å². The summed E-state index contributed by atoms with van der Waals surface area (Å²) in [6.45, 7) is 2.02. The summed E-state index contributed by atoms with van der Waals surface area (Å²) in [6.07, 6.45) is 3.73. The van der Waals surface area contributed by atoms with Gasteiger partial charge in [-0.15, -0.1) is 0 Å². The summed E-state index contributed by atoms with van der Waals surface area (Å²) < 4.78 is 0. The number of benzene rings is 1. The molecule has 86 valence electrons. The van der Waals surface area contributed by atoms with Crippen molar-refractivity contribution in [1.82, 2.24) is 5.48 Å². The Balaban J connectivity index is 2.43. The van der Waals surface area contributed by atoms with E-state index in [1.807, 2.05) is 36.7 Å². The highest BCUT2D eigenvalue weighted by Gasteiger charge is 2.42. The maximum Gasteiger partial charge on any atom is 0.253 e. The predicted molar refractivity (Wildman–Crippen MR) is 61.3 cm³/mol. The van der Waals surface area contributed by atoms with Gasteiger partial charge in [-0.1, -0.05) is 42.7 Å². The Morgan fingerprint density at radius 2 is 2.06 bits per heavy atom. The number of hydrogen-bond acceptors (Lipinski definition) is 2. The number of rotatable bonds is 2. The van der Waals surface area contributed by atoms with E-state index in [0.29, 0.717) is 0 Å². The van der Waals surface area contributed by atoms with E-state index in [1.165, 1.54) is 0 Å². The average Bonchev–Trinajstić information content (AvgIpc) is 2.78. The molecule has 1 aromatic rings. The number of hydroxylamine groups is 1. The molecule has 1 saturated carbocycles. The number of hydrogen-bond donors (Lipinski definition) is 2. The van der Waals surface area contributed by atoms with Crippen molar-refractivity contribution >= 4 is 5.91 Å². The van der Waals surface area contributed by atoms with Crippen molar-refractivity contribution in [2.45, 2.75) is 38.0 Å².